The van der Waals surface area contributed by atoms with Gasteiger partial charge in [-0.1, -0.05) is 54.6 Å². The minimum atomic E-state index is -0.653. The molecule has 1 nitrogen and oxygen atoms in total. The van der Waals surface area contributed by atoms with Gasteiger partial charge in [-0.3, -0.25) is 0 Å². The number of benzene rings is 1. The summed E-state index contributed by atoms with van der Waals surface area (Å²) in [4.78, 5) is 0. The first-order valence-electron chi connectivity index (χ1n) is 5.96. The van der Waals surface area contributed by atoms with E-state index in [4.69, 9.17) is 0 Å². The second-order valence-electron chi connectivity index (χ2n) is 5.17. The van der Waals surface area contributed by atoms with Crippen LogP contribution in [0.25, 0.3) is 0 Å². The Morgan fingerprint density at radius 3 is 1.81 bits per heavy atom. The summed E-state index contributed by atoms with van der Waals surface area (Å²) < 4.78 is 0. The molecule has 0 saturated heterocycles. The van der Waals surface area contributed by atoms with Crippen molar-refractivity contribution in [3.8, 4) is 0 Å². The first-order valence-corrected chi connectivity index (χ1v) is 5.96. The number of hydrogen-bond donors (Lipinski definition) is 1. The first-order chi connectivity index (χ1) is 7.82. The molecule has 0 aliphatic heterocycles. The van der Waals surface area contributed by atoms with Crippen molar-refractivity contribution >= 4 is 0 Å². The van der Waals surface area contributed by atoms with Gasteiger partial charge in [-0.05, 0) is 17.4 Å². The fraction of sp³-hybridized carbons (Fsp3) is 0.333. The molecule has 1 aromatic rings. The molecule has 5 atom stereocenters. The Kier molecular flexibility index (Phi) is 1.46. The zero-order valence-electron chi connectivity index (χ0n) is 8.95. The predicted octanol–water partition coefficient (Wildman–Crippen LogP) is 2.49. The van der Waals surface area contributed by atoms with Crippen LogP contribution in [0.4, 0.5) is 0 Å². The molecule has 0 spiro atoms. The van der Waals surface area contributed by atoms with Gasteiger partial charge in [-0.25, -0.2) is 0 Å². The molecule has 1 aromatic carbocycles. The molecule has 0 bridgehead atoms. The smallest absolute Gasteiger partial charge is 0.103 e. The Labute approximate surface area is 95.1 Å². The molecular weight excluding hydrogens is 196 g/mol. The van der Waals surface area contributed by atoms with Crippen molar-refractivity contribution in [1.82, 2.24) is 0 Å². The molecule has 0 amide bonds. The van der Waals surface area contributed by atoms with Crippen LogP contribution >= 0.6 is 0 Å². The molecule has 1 saturated carbocycles. The maximum absolute atomic E-state index is 11.0. The molecule has 1 N–H and O–H groups in total. The van der Waals surface area contributed by atoms with Crippen molar-refractivity contribution in [3.05, 3.63) is 60.2 Å². The number of fused-ring (bicyclic) bond motifs is 3. The molecule has 2 unspecified atom stereocenters. The lowest BCUT2D eigenvalue weighted by Crippen LogP contribution is -2.39. The lowest BCUT2D eigenvalue weighted by atomic mass is 9.72. The van der Waals surface area contributed by atoms with E-state index in [-0.39, 0.29) is 0 Å². The van der Waals surface area contributed by atoms with Gasteiger partial charge in [0.25, 0.3) is 0 Å². The number of hydrogen-bond acceptors (Lipinski definition) is 1. The zero-order chi connectivity index (χ0) is 10.8. The van der Waals surface area contributed by atoms with Crippen molar-refractivity contribution in [2.24, 2.45) is 23.7 Å². The Morgan fingerprint density at radius 2 is 1.38 bits per heavy atom. The quantitative estimate of drug-likeness (QED) is 0.706. The van der Waals surface area contributed by atoms with Gasteiger partial charge in [0.05, 0.1) is 0 Å². The van der Waals surface area contributed by atoms with Gasteiger partial charge >= 0.3 is 0 Å². The molecule has 0 heterocycles. The highest BCUT2D eigenvalue weighted by Gasteiger charge is 2.62. The summed E-state index contributed by atoms with van der Waals surface area (Å²) in [5.74, 6) is 1.78. The fourth-order valence-corrected chi connectivity index (χ4v) is 3.63. The third kappa shape index (κ3) is 0.791. The Morgan fingerprint density at radius 1 is 0.812 bits per heavy atom. The number of allylic oxidation sites excluding steroid dienone is 2. The van der Waals surface area contributed by atoms with Crippen LogP contribution in [0.5, 0.6) is 0 Å². The van der Waals surface area contributed by atoms with Gasteiger partial charge < -0.3 is 5.11 Å². The van der Waals surface area contributed by atoms with Crippen LogP contribution < -0.4 is 0 Å². The topological polar surface area (TPSA) is 20.2 Å². The van der Waals surface area contributed by atoms with Gasteiger partial charge in [-0.2, -0.15) is 0 Å². The van der Waals surface area contributed by atoms with Crippen molar-refractivity contribution in [2.45, 2.75) is 5.60 Å². The van der Waals surface area contributed by atoms with E-state index in [1.807, 2.05) is 18.2 Å². The van der Waals surface area contributed by atoms with Crippen LogP contribution in [-0.2, 0) is 5.60 Å². The van der Waals surface area contributed by atoms with Gasteiger partial charge in [0.15, 0.2) is 0 Å². The summed E-state index contributed by atoms with van der Waals surface area (Å²) in [6.07, 6.45) is 8.87. The van der Waals surface area contributed by atoms with E-state index in [9.17, 15) is 5.11 Å². The zero-order valence-corrected chi connectivity index (χ0v) is 8.95. The normalized spacial score (nSPS) is 46.8. The molecular formula is C15H14O. The van der Waals surface area contributed by atoms with E-state index in [1.54, 1.807) is 0 Å². The highest BCUT2D eigenvalue weighted by atomic mass is 16.3. The minimum Gasteiger partial charge on any atom is -0.384 e. The highest BCUT2D eigenvalue weighted by Crippen LogP contribution is 2.63. The van der Waals surface area contributed by atoms with Crippen LogP contribution in [0.1, 0.15) is 5.56 Å². The summed E-state index contributed by atoms with van der Waals surface area (Å²) in [5.41, 5.74) is 0.423. The van der Waals surface area contributed by atoms with E-state index >= 15 is 0 Å². The van der Waals surface area contributed by atoms with Crippen molar-refractivity contribution in [1.29, 1.82) is 0 Å². The standard InChI is InChI=1S/C15H14O/c16-15(10-4-2-1-3-5-10)13-8-6-11(13)12-7-9-14(12)15/h1-9,11-14,16H/t11-,12-,13-,14?,15?/m1/s1. The predicted molar refractivity (Wildman–Crippen MR) is 62.6 cm³/mol. The van der Waals surface area contributed by atoms with E-state index in [0.29, 0.717) is 23.7 Å². The largest absolute Gasteiger partial charge is 0.384 e. The van der Waals surface area contributed by atoms with E-state index in [1.165, 1.54) is 0 Å². The molecule has 3 aliphatic carbocycles. The van der Waals surface area contributed by atoms with Gasteiger partial charge in [-0.15, -0.1) is 0 Å². The summed E-state index contributed by atoms with van der Waals surface area (Å²) >= 11 is 0. The first kappa shape index (κ1) is 8.77. The van der Waals surface area contributed by atoms with Gasteiger partial charge in [0, 0.05) is 11.8 Å². The third-order valence-electron chi connectivity index (χ3n) is 4.61. The maximum atomic E-state index is 11.0. The van der Waals surface area contributed by atoms with E-state index in [0.717, 1.165) is 5.56 Å². The summed E-state index contributed by atoms with van der Waals surface area (Å²) in [6.45, 7) is 0. The lowest BCUT2D eigenvalue weighted by molar-refractivity contribution is -0.0251. The van der Waals surface area contributed by atoms with Crippen LogP contribution in [0.15, 0.2) is 54.6 Å². The second-order valence-corrected chi connectivity index (χ2v) is 5.17. The van der Waals surface area contributed by atoms with Crippen LogP contribution in [0.3, 0.4) is 0 Å². The van der Waals surface area contributed by atoms with Gasteiger partial charge in [0.2, 0.25) is 0 Å². The Balaban J connectivity index is 1.87. The van der Waals surface area contributed by atoms with E-state index < -0.39 is 5.60 Å². The van der Waals surface area contributed by atoms with E-state index in [2.05, 4.69) is 36.4 Å². The Bertz CT molecular complexity index is 461. The second kappa shape index (κ2) is 2.67. The maximum Gasteiger partial charge on any atom is 0.103 e. The lowest BCUT2D eigenvalue weighted by Gasteiger charge is -2.37. The molecule has 16 heavy (non-hydrogen) atoms. The highest BCUT2D eigenvalue weighted by molar-refractivity contribution is 5.41. The Hall–Kier alpha value is -1.34. The molecule has 4 rings (SSSR count). The SMILES string of the molecule is OC1(c2ccccc2)C2C=C[C@@H]2[C@H]2C=C[C@H]21. The summed E-state index contributed by atoms with van der Waals surface area (Å²) in [6, 6.07) is 10.1. The number of aliphatic hydroxyl groups is 1. The third-order valence-corrected chi connectivity index (χ3v) is 4.61. The van der Waals surface area contributed by atoms with Crippen LogP contribution in [0, 0.1) is 23.7 Å². The monoisotopic (exact) mass is 210 g/mol. The summed E-state index contributed by atoms with van der Waals surface area (Å²) in [7, 11) is 0. The number of rotatable bonds is 1. The van der Waals surface area contributed by atoms with Crippen LogP contribution in [0.2, 0.25) is 0 Å². The van der Waals surface area contributed by atoms with Crippen molar-refractivity contribution in [2.75, 3.05) is 0 Å². The van der Waals surface area contributed by atoms with Gasteiger partial charge in [0.1, 0.15) is 5.60 Å². The average molecular weight is 210 g/mol. The summed E-state index contributed by atoms with van der Waals surface area (Å²) in [5, 5.41) is 11.0. The van der Waals surface area contributed by atoms with Crippen molar-refractivity contribution < 1.29 is 5.11 Å². The average Bonchev–Trinajstić information content (AvgIpc) is 2.33. The molecule has 3 aliphatic rings. The molecule has 1 fully saturated rings. The van der Waals surface area contributed by atoms with Crippen molar-refractivity contribution in [3.63, 3.8) is 0 Å². The fourth-order valence-electron chi connectivity index (χ4n) is 3.63. The minimum absolute atomic E-state index is 0.319. The molecule has 0 aromatic heterocycles. The van der Waals surface area contributed by atoms with Crippen LogP contribution in [-0.4, -0.2) is 5.11 Å². The molecule has 0 radical (unpaired) electrons. The molecule has 1 heteroatoms. The molecule has 80 valence electrons.